The predicted molar refractivity (Wildman–Crippen MR) is 31.1 cm³/mol. The van der Waals surface area contributed by atoms with Gasteiger partial charge in [0.25, 0.3) is 0 Å². The first-order chi connectivity index (χ1) is 6.14. The van der Waals surface area contributed by atoms with Gasteiger partial charge in [0.15, 0.2) is 0 Å². The summed E-state index contributed by atoms with van der Waals surface area (Å²) in [6.45, 7) is -1.86. The molecule has 0 aromatic carbocycles. The molecule has 0 atom stereocenters. The summed E-state index contributed by atoms with van der Waals surface area (Å²) in [7, 11) is 0. The number of thiol groups is 1. The van der Waals surface area contributed by atoms with Gasteiger partial charge >= 0.3 is 11.8 Å². The molecule has 0 bridgehead atoms. The number of nitrogens with zero attached hydrogens (tertiary/aromatic N) is 1. The first kappa shape index (κ1) is 13.8. The Balaban J connectivity index is 4.16. The lowest BCUT2D eigenvalue weighted by Gasteiger charge is -2.20. The minimum Gasteiger partial charge on any atom is -0.218 e. The van der Waals surface area contributed by atoms with Crippen molar-refractivity contribution < 1.29 is 40.9 Å². The molecular weight excluding hydrogens is 244 g/mol. The zero-order valence-electron chi connectivity index (χ0n) is 6.09. The van der Waals surface area contributed by atoms with Crippen LogP contribution >= 0.6 is 12.6 Å². The standard InChI is InChI=1S/C3H3F6NO3S/c4-1-11-10(12-2(5,6)7)13-3(8,9)14/h14H,1H2. The average Bonchev–Trinajstić information content (AvgIpc) is 1.78. The van der Waals surface area contributed by atoms with E-state index in [1.165, 1.54) is 0 Å². The Morgan fingerprint density at radius 2 is 1.57 bits per heavy atom. The molecule has 0 N–H and O–H groups in total. The van der Waals surface area contributed by atoms with Crippen LogP contribution in [-0.2, 0) is 14.5 Å². The molecule has 0 aliphatic rings. The highest BCUT2D eigenvalue weighted by atomic mass is 32.1. The lowest BCUT2D eigenvalue weighted by atomic mass is 11.4. The molecule has 0 saturated heterocycles. The maximum atomic E-state index is 11.8. The zero-order chi connectivity index (χ0) is 11.4. The Bertz CT molecular complexity index is 155. The van der Waals surface area contributed by atoms with Crippen molar-refractivity contribution in [3.63, 3.8) is 0 Å². The Morgan fingerprint density at radius 1 is 1.07 bits per heavy atom. The summed E-state index contributed by atoms with van der Waals surface area (Å²) in [5, 5.41) is -1.23. The van der Waals surface area contributed by atoms with Gasteiger partial charge < -0.3 is 0 Å². The van der Waals surface area contributed by atoms with Crippen LogP contribution in [0.25, 0.3) is 0 Å². The van der Waals surface area contributed by atoms with Gasteiger partial charge in [-0.15, -0.1) is 18.0 Å². The van der Waals surface area contributed by atoms with E-state index in [0.717, 1.165) is 0 Å². The Hall–Kier alpha value is -0.230. The molecule has 0 aliphatic carbocycles. The van der Waals surface area contributed by atoms with Crippen LogP contribution in [0, 0.1) is 0 Å². The Labute approximate surface area is 78.6 Å². The molecule has 0 radical (unpaired) electrons. The highest BCUT2D eigenvalue weighted by Gasteiger charge is 2.39. The second-order valence-electron chi connectivity index (χ2n) is 1.58. The van der Waals surface area contributed by atoms with Crippen LogP contribution in [0.1, 0.15) is 0 Å². The minimum atomic E-state index is -5.37. The van der Waals surface area contributed by atoms with Crippen molar-refractivity contribution in [1.29, 1.82) is 0 Å². The van der Waals surface area contributed by atoms with Gasteiger partial charge in [-0.1, -0.05) is 12.6 Å². The topological polar surface area (TPSA) is 30.9 Å². The van der Waals surface area contributed by atoms with Crippen LogP contribution in [0.3, 0.4) is 0 Å². The fraction of sp³-hybridized carbons (Fsp3) is 1.00. The van der Waals surface area contributed by atoms with Crippen molar-refractivity contribution in [1.82, 2.24) is 5.39 Å². The molecule has 4 nitrogen and oxygen atoms in total. The molecule has 0 saturated carbocycles. The quantitative estimate of drug-likeness (QED) is 0.348. The summed E-state index contributed by atoms with van der Waals surface area (Å²) in [6.07, 6.45) is -5.37. The monoisotopic (exact) mass is 247 g/mol. The van der Waals surface area contributed by atoms with E-state index in [9.17, 15) is 26.3 Å². The molecule has 11 heteroatoms. The first-order valence-electron chi connectivity index (χ1n) is 2.68. The van der Waals surface area contributed by atoms with Crippen LogP contribution in [0.4, 0.5) is 26.3 Å². The van der Waals surface area contributed by atoms with E-state index in [0.29, 0.717) is 0 Å². The lowest BCUT2D eigenvalue weighted by molar-refractivity contribution is -0.624. The summed E-state index contributed by atoms with van der Waals surface area (Å²) in [5.74, 6) is 0. The molecule has 0 unspecified atom stereocenters. The second-order valence-corrected chi connectivity index (χ2v) is 2.10. The molecule has 14 heavy (non-hydrogen) atoms. The van der Waals surface area contributed by atoms with Crippen LogP contribution in [0.5, 0.6) is 0 Å². The van der Waals surface area contributed by atoms with Gasteiger partial charge in [-0.05, 0) is 0 Å². The second kappa shape index (κ2) is 5.02. The smallest absolute Gasteiger partial charge is 0.218 e. The van der Waals surface area contributed by atoms with E-state index in [4.69, 9.17) is 0 Å². The van der Waals surface area contributed by atoms with E-state index >= 15 is 0 Å². The van der Waals surface area contributed by atoms with Crippen molar-refractivity contribution in [3.05, 3.63) is 0 Å². The molecule has 0 aromatic heterocycles. The van der Waals surface area contributed by atoms with Crippen molar-refractivity contribution in [2.45, 2.75) is 11.8 Å². The van der Waals surface area contributed by atoms with Crippen molar-refractivity contribution in [3.8, 4) is 0 Å². The zero-order valence-corrected chi connectivity index (χ0v) is 6.99. The maximum absolute atomic E-state index is 11.8. The number of halogens is 6. The molecule has 0 spiro atoms. The molecule has 0 aromatic rings. The van der Waals surface area contributed by atoms with Gasteiger partial charge in [-0.25, -0.2) is 9.23 Å². The van der Waals surface area contributed by atoms with E-state index in [1.54, 1.807) is 0 Å². The Morgan fingerprint density at radius 3 is 1.86 bits per heavy atom. The molecule has 0 rings (SSSR count). The molecule has 0 heterocycles. The fourth-order valence-corrected chi connectivity index (χ4v) is 0.352. The third kappa shape index (κ3) is 8.37. The predicted octanol–water partition coefficient (Wildman–Crippen LogP) is 2.01. The van der Waals surface area contributed by atoms with Crippen LogP contribution in [-0.4, -0.2) is 24.1 Å². The van der Waals surface area contributed by atoms with Crippen molar-refractivity contribution >= 4 is 12.6 Å². The summed E-state index contributed by atoms with van der Waals surface area (Å²) in [6, 6.07) is 0. The van der Waals surface area contributed by atoms with Gasteiger partial charge in [0.1, 0.15) is 0 Å². The highest BCUT2D eigenvalue weighted by molar-refractivity contribution is 7.81. The average molecular weight is 247 g/mol. The van der Waals surface area contributed by atoms with Crippen LogP contribution in [0.2, 0.25) is 0 Å². The summed E-state index contributed by atoms with van der Waals surface area (Å²) in [4.78, 5) is 8.96. The first-order valence-corrected chi connectivity index (χ1v) is 3.13. The van der Waals surface area contributed by atoms with E-state index < -0.39 is 24.1 Å². The maximum Gasteiger partial charge on any atom is 0.542 e. The molecule has 0 amide bonds. The summed E-state index contributed by atoms with van der Waals surface area (Å²) < 4.78 is 69.1. The molecule has 0 fully saturated rings. The van der Waals surface area contributed by atoms with E-state index in [2.05, 4.69) is 27.1 Å². The lowest BCUT2D eigenvalue weighted by Crippen LogP contribution is -2.36. The number of hydrogen-bond donors (Lipinski definition) is 1. The van der Waals surface area contributed by atoms with Crippen LogP contribution < -0.4 is 0 Å². The largest absolute Gasteiger partial charge is 0.542 e. The van der Waals surface area contributed by atoms with Gasteiger partial charge in [0.05, 0.1) is 5.39 Å². The molecule has 0 aliphatic heterocycles. The normalized spacial score (nSPS) is 13.7. The fourth-order valence-electron chi connectivity index (χ4n) is 0.285. The SMILES string of the molecule is FCON(OC(F)(F)F)OC(F)(F)S. The Kier molecular flexibility index (Phi) is 4.94. The minimum absolute atomic E-state index is 1.23. The van der Waals surface area contributed by atoms with Crippen molar-refractivity contribution in [2.75, 3.05) is 6.86 Å². The third-order valence-electron chi connectivity index (χ3n) is 0.517. The van der Waals surface area contributed by atoms with Gasteiger partial charge in [-0.3, -0.25) is 0 Å². The van der Waals surface area contributed by atoms with E-state index in [-0.39, 0.29) is 0 Å². The number of alkyl halides is 6. The molecule has 86 valence electrons. The number of rotatable bonds is 5. The molecular formula is C3H3F6NO3S. The summed E-state index contributed by atoms with van der Waals surface area (Å²) >= 11 is 2.39. The van der Waals surface area contributed by atoms with Gasteiger partial charge in [-0.2, -0.15) is 13.6 Å². The highest BCUT2D eigenvalue weighted by Crippen LogP contribution is 2.25. The number of hydrogen-bond acceptors (Lipinski definition) is 5. The van der Waals surface area contributed by atoms with Gasteiger partial charge in [0.2, 0.25) is 6.86 Å². The van der Waals surface area contributed by atoms with Gasteiger partial charge in [0, 0.05) is 0 Å². The van der Waals surface area contributed by atoms with Crippen LogP contribution in [0.15, 0.2) is 0 Å². The summed E-state index contributed by atoms with van der Waals surface area (Å²) in [5.41, 5.74) is -4.31. The van der Waals surface area contributed by atoms with E-state index in [1.807, 2.05) is 0 Å². The van der Waals surface area contributed by atoms with Crippen molar-refractivity contribution in [2.24, 2.45) is 0 Å². The third-order valence-corrected chi connectivity index (χ3v) is 0.598.